The number of halogens is 5. The maximum absolute atomic E-state index is 14.6. The van der Waals surface area contributed by atoms with Crippen molar-refractivity contribution in [2.24, 2.45) is 5.41 Å². The molecule has 2 amide bonds. The maximum Gasteiger partial charge on any atom is 0.410 e. The van der Waals surface area contributed by atoms with Crippen LogP contribution >= 0.6 is 0 Å². The summed E-state index contributed by atoms with van der Waals surface area (Å²) in [5.74, 6) is -4.51. The van der Waals surface area contributed by atoms with Crippen LogP contribution in [0, 0.1) is 5.41 Å². The molecule has 4 fully saturated rings. The Morgan fingerprint density at radius 1 is 1.02 bits per heavy atom. The first-order valence-electron chi connectivity index (χ1n) is 14.7. The van der Waals surface area contributed by atoms with Gasteiger partial charge in [0.1, 0.15) is 17.1 Å². The highest BCUT2D eigenvalue weighted by Crippen LogP contribution is 2.51. The number of carbonyl (C=O) groups is 2. The zero-order valence-electron chi connectivity index (χ0n) is 24.2. The third kappa shape index (κ3) is 5.71. The van der Waals surface area contributed by atoms with Crippen molar-refractivity contribution in [3.05, 3.63) is 11.7 Å². The number of alkyl halides is 5. The summed E-state index contributed by atoms with van der Waals surface area (Å²) in [6, 6.07) is -1.07. The Morgan fingerprint density at radius 2 is 1.64 bits per heavy atom. The summed E-state index contributed by atoms with van der Waals surface area (Å²) >= 11 is 0. The van der Waals surface area contributed by atoms with Crippen LogP contribution in [-0.2, 0) is 14.9 Å². The summed E-state index contributed by atoms with van der Waals surface area (Å²) in [4.78, 5) is 33.6. The quantitative estimate of drug-likeness (QED) is 0.464. The molecule has 2 aliphatic carbocycles. The van der Waals surface area contributed by atoms with Gasteiger partial charge in [-0.15, -0.1) is 0 Å². The lowest BCUT2D eigenvalue weighted by molar-refractivity contribution is -0.207. The maximum atomic E-state index is 14.6. The molecule has 0 bridgehead atoms. The first-order valence-corrected chi connectivity index (χ1v) is 14.7. The van der Waals surface area contributed by atoms with Gasteiger partial charge in [0.15, 0.2) is 5.82 Å². The van der Waals surface area contributed by atoms with Crippen molar-refractivity contribution in [1.29, 1.82) is 0 Å². The molecule has 5 rings (SSSR count). The minimum Gasteiger partial charge on any atom is -0.444 e. The summed E-state index contributed by atoms with van der Waals surface area (Å²) in [7, 11) is 0. The zero-order valence-corrected chi connectivity index (χ0v) is 24.2. The van der Waals surface area contributed by atoms with Gasteiger partial charge in [-0.2, -0.15) is 18.2 Å². The number of piperidine rings is 2. The molecular weight excluding hydrogens is 567 g/mol. The summed E-state index contributed by atoms with van der Waals surface area (Å²) in [5.41, 5.74) is -3.81. The number of hydrogen-bond acceptors (Lipinski definition) is 7. The van der Waals surface area contributed by atoms with E-state index in [9.17, 15) is 36.6 Å². The molecule has 0 radical (unpaired) electrons. The smallest absolute Gasteiger partial charge is 0.410 e. The summed E-state index contributed by atoms with van der Waals surface area (Å²) in [6.07, 6.45) is -5.75. The lowest BCUT2D eigenvalue weighted by Gasteiger charge is -2.54. The van der Waals surface area contributed by atoms with Gasteiger partial charge in [0.25, 0.3) is 0 Å². The van der Waals surface area contributed by atoms with Crippen molar-refractivity contribution in [3.63, 3.8) is 0 Å². The lowest BCUT2D eigenvalue weighted by atomic mass is 9.61. The van der Waals surface area contributed by atoms with Crippen LogP contribution in [0.15, 0.2) is 4.52 Å². The average molecular weight is 607 g/mol. The second-order valence-corrected chi connectivity index (χ2v) is 13.6. The monoisotopic (exact) mass is 606 g/mol. The molecule has 0 unspecified atom stereocenters. The molecular formula is C28H39F5N4O5. The normalized spacial score (nSPS) is 27.9. The minimum atomic E-state index is -4.76. The molecule has 14 heteroatoms. The number of aromatic nitrogens is 2. The van der Waals surface area contributed by atoms with Crippen LogP contribution in [0.1, 0.15) is 103 Å². The van der Waals surface area contributed by atoms with Crippen LogP contribution in [-0.4, -0.2) is 86.5 Å². The Kier molecular flexibility index (Phi) is 7.80. The number of rotatable bonds is 3. The van der Waals surface area contributed by atoms with Gasteiger partial charge < -0.3 is 19.3 Å². The van der Waals surface area contributed by atoms with Crippen molar-refractivity contribution < 1.29 is 45.9 Å². The highest BCUT2D eigenvalue weighted by molar-refractivity contribution is 5.86. The zero-order chi connectivity index (χ0) is 30.7. The Bertz CT molecular complexity index is 1160. The predicted octanol–water partition coefficient (Wildman–Crippen LogP) is 5.33. The van der Waals surface area contributed by atoms with Crippen LogP contribution in [0.4, 0.5) is 26.7 Å². The third-order valence-corrected chi connectivity index (χ3v) is 9.68. The van der Waals surface area contributed by atoms with E-state index >= 15 is 0 Å². The van der Waals surface area contributed by atoms with E-state index in [-0.39, 0.29) is 44.8 Å². The van der Waals surface area contributed by atoms with Gasteiger partial charge in [-0.1, -0.05) is 11.6 Å². The number of ether oxygens (including phenoxy) is 1. The van der Waals surface area contributed by atoms with Crippen molar-refractivity contribution in [1.82, 2.24) is 19.9 Å². The molecule has 1 aromatic heterocycles. The van der Waals surface area contributed by atoms with Gasteiger partial charge in [0, 0.05) is 50.2 Å². The van der Waals surface area contributed by atoms with Crippen LogP contribution in [0.5, 0.6) is 0 Å². The molecule has 2 saturated carbocycles. The molecule has 3 heterocycles. The molecule has 1 spiro atoms. The molecule has 2 atom stereocenters. The van der Waals surface area contributed by atoms with Gasteiger partial charge in [0.2, 0.25) is 17.7 Å². The summed E-state index contributed by atoms with van der Waals surface area (Å²) in [6.45, 7) is 4.68. The van der Waals surface area contributed by atoms with E-state index in [2.05, 4.69) is 10.1 Å². The number of aliphatic hydroxyl groups excluding tert-OH is 1. The molecule has 42 heavy (non-hydrogen) atoms. The number of nitrogens with zero attached hydrogens (tertiary/aromatic N) is 4. The van der Waals surface area contributed by atoms with E-state index in [0.29, 0.717) is 12.8 Å². The van der Waals surface area contributed by atoms with Gasteiger partial charge in [0.05, 0.1) is 6.10 Å². The van der Waals surface area contributed by atoms with Crippen molar-refractivity contribution in [2.75, 3.05) is 19.6 Å². The largest absolute Gasteiger partial charge is 0.444 e. The molecule has 2 aliphatic heterocycles. The van der Waals surface area contributed by atoms with Gasteiger partial charge in [-0.05, 0) is 59.3 Å². The topological polar surface area (TPSA) is 109 Å². The average Bonchev–Trinajstić information content (AvgIpc) is 3.36. The van der Waals surface area contributed by atoms with E-state index in [1.807, 2.05) is 0 Å². The molecule has 236 valence electrons. The Labute approximate surface area is 241 Å². The van der Waals surface area contributed by atoms with Crippen LogP contribution in [0.25, 0.3) is 0 Å². The van der Waals surface area contributed by atoms with Crippen molar-refractivity contribution >= 4 is 12.0 Å². The van der Waals surface area contributed by atoms with Gasteiger partial charge in [-0.3, -0.25) is 9.69 Å². The standard InChI is InChI=1S/C28H39F5N4O5/c1-24(2,3)41-23(40)37-16-25(7-4-8-25)19(38)15-18(37)21(39)36-13-11-26(12-14-36,28(31,32)33)22-34-20(42-35-22)17-5-9-27(29,30)10-6-17/h17-19,38H,4-16H2,1-3H3/t18-,19+/m0/s1. The van der Waals surface area contributed by atoms with Crippen LogP contribution < -0.4 is 0 Å². The summed E-state index contributed by atoms with van der Waals surface area (Å²) < 4.78 is 81.7. The van der Waals surface area contributed by atoms with Gasteiger partial charge in [-0.25, -0.2) is 13.6 Å². The molecule has 1 aromatic rings. The number of hydrogen-bond donors (Lipinski definition) is 1. The lowest BCUT2D eigenvalue weighted by Crippen LogP contribution is -2.65. The fraction of sp³-hybridized carbons (Fsp3) is 0.857. The predicted molar refractivity (Wildman–Crippen MR) is 138 cm³/mol. The number of amides is 2. The van der Waals surface area contributed by atoms with Gasteiger partial charge >= 0.3 is 12.3 Å². The Hall–Kier alpha value is -2.51. The molecule has 4 aliphatic rings. The Balaban J connectivity index is 1.32. The summed E-state index contributed by atoms with van der Waals surface area (Å²) in [5, 5.41) is 14.6. The highest BCUT2D eigenvalue weighted by Gasteiger charge is 2.61. The number of aliphatic hydroxyl groups is 1. The molecule has 0 aromatic carbocycles. The van der Waals surface area contributed by atoms with E-state index in [4.69, 9.17) is 9.26 Å². The second kappa shape index (κ2) is 10.6. The molecule has 1 N–H and O–H groups in total. The van der Waals surface area contributed by atoms with Crippen LogP contribution in [0.3, 0.4) is 0 Å². The first kappa shape index (κ1) is 30.9. The fourth-order valence-electron chi connectivity index (χ4n) is 6.85. The van der Waals surface area contributed by atoms with E-state index in [0.717, 1.165) is 6.42 Å². The minimum absolute atomic E-state index is 0.0202. The third-order valence-electron chi connectivity index (χ3n) is 9.68. The van der Waals surface area contributed by atoms with E-state index in [1.165, 1.54) is 9.80 Å². The number of carbonyl (C=O) groups excluding carboxylic acids is 2. The van der Waals surface area contributed by atoms with Crippen LogP contribution in [0.2, 0.25) is 0 Å². The number of likely N-dealkylation sites (tertiary alicyclic amines) is 2. The van der Waals surface area contributed by atoms with E-state index in [1.54, 1.807) is 20.8 Å². The molecule has 9 nitrogen and oxygen atoms in total. The second-order valence-electron chi connectivity index (χ2n) is 13.6. The fourth-order valence-corrected chi connectivity index (χ4v) is 6.85. The molecule has 2 saturated heterocycles. The first-order chi connectivity index (χ1) is 19.5. The van der Waals surface area contributed by atoms with Crippen molar-refractivity contribution in [3.8, 4) is 0 Å². The highest BCUT2D eigenvalue weighted by atomic mass is 19.4. The van der Waals surface area contributed by atoms with E-state index < -0.39 is 90.1 Å². The van der Waals surface area contributed by atoms with Crippen molar-refractivity contribution in [2.45, 2.75) is 126 Å². The Morgan fingerprint density at radius 3 is 2.17 bits per heavy atom. The SMILES string of the molecule is CC(C)(C)OC(=O)N1CC2(CCC2)[C@H](O)C[C@H]1C(=O)N1CCC(c2noc(C3CCC(F)(F)CC3)n2)(C(F)(F)F)CC1.